The van der Waals surface area contributed by atoms with Crippen LogP contribution in [0.15, 0.2) is 28.8 Å². The second kappa shape index (κ2) is 6.75. The number of aromatic nitrogens is 1. The fourth-order valence-electron chi connectivity index (χ4n) is 2.07. The molecular formula is C16H14ClNO5. The van der Waals surface area contributed by atoms with E-state index in [-0.39, 0.29) is 6.61 Å². The number of esters is 1. The first kappa shape index (κ1) is 15.4. The summed E-state index contributed by atoms with van der Waals surface area (Å²) in [6.07, 6.45) is 2.91. The zero-order valence-corrected chi connectivity index (χ0v) is 13.1. The van der Waals surface area contributed by atoms with Crippen LogP contribution in [-0.4, -0.2) is 24.3 Å². The molecule has 0 atom stereocenters. The predicted octanol–water partition coefficient (Wildman–Crippen LogP) is 3.16. The van der Waals surface area contributed by atoms with E-state index < -0.39 is 5.97 Å². The van der Waals surface area contributed by atoms with E-state index in [1.807, 2.05) is 0 Å². The van der Waals surface area contributed by atoms with Crippen molar-refractivity contribution >= 4 is 23.6 Å². The van der Waals surface area contributed by atoms with Gasteiger partial charge in [-0.3, -0.25) is 0 Å². The fourth-order valence-corrected chi connectivity index (χ4v) is 2.34. The van der Waals surface area contributed by atoms with Gasteiger partial charge in [0.2, 0.25) is 0 Å². The van der Waals surface area contributed by atoms with E-state index in [1.165, 1.54) is 6.08 Å². The monoisotopic (exact) mass is 335 g/mol. The Morgan fingerprint density at radius 1 is 1.35 bits per heavy atom. The van der Waals surface area contributed by atoms with Gasteiger partial charge >= 0.3 is 5.97 Å². The van der Waals surface area contributed by atoms with Crippen LogP contribution in [0, 0.1) is 6.92 Å². The number of aryl methyl sites for hydroxylation is 1. The highest BCUT2D eigenvalue weighted by atomic mass is 35.5. The zero-order valence-electron chi connectivity index (χ0n) is 12.4. The second-order valence-electron chi connectivity index (χ2n) is 4.90. The molecule has 2 aromatic rings. The zero-order chi connectivity index (χ0) is 16.2. The van der Waals surface area contributed by atoms with Gasteiger partial charge in [-0.2, -0.15) is 0 Å². The molecule has 0 amide bonds. The molecule has 120 valence electrons. The van der Waals surface area contributed by atoms with Crippen LogP contribution in [0.4, 0.5) is 0 Å². The normalized spacial score (nSPS) is 13.3. The third kappa shape index (κ3) is 3.84. The molecule has 0 N–H and O–H groups in total. The summed E-state index contributed by atoms with van der Waals surface area (Å²) in [4.78, 5) is 11.7. The molecule has 23 heavy (non-hydrogen) atoms. The van der Waals surface area contributed by atoms with Gasteiger partial charge in [-0.05, 0) is 30.7 Å². The maximum absolute atomic E-state index is 11.7. The number of nitrogens with zero attached hydrogens (tertiary/aromatic N) is 1. The summed E-state index contributed by atoms with van der Waals surface area (Å²) in [5, 5.41) is 4.18. The van der Waals surface area contributed by atoms with Crippen molar-refractivity contribution < 1.29 is 23.5 Å². The Kier molecular flexibility index (Phi) is 4.52. The van der Waals surface area contributed by atoms with Crippen molar-refractivity contribution in [3.63, 3.8) is 0 Å². The van der Waals surface area contributed by atoms with Gasteiger partial charge in [-0.25, -0.2) is 4.79 Å². The first-order valence-electron chi connectivity index (χ1n) is 6.98. The summed E-state index contributed by atoms with van der Waals surface area (Å²) in [7, 11) is 0. The largest absolute Gasteiger partial charge is 0.486 e. The summed E-state index contributed by atoms with van der Waals surface area (Å²) >= 11 is 6.13. The van der Waals surface area contributed by atoms with E-state index in [1.54, 1.807) is 31.2 Å². The minimum absolute atomic E-state index is 0.0579. The van der Waals surface area contributed by atoms with Crippen molar-refractivity contribution in [1.82, 2.24) is 5.16 Å². The average molecular weight is 336 g/mol. The molecule has 0 saturated heterocycles. The van der Waals surface area contributed by atoms with Crippen molar-refractivity contribution in [2.75, 3.05) is 13.2 Å². The first-order valence-corrected chi connectivity index (χ1v) is 7.36. The molecule has 1 aliphatic heterocycles. The Labute approximate surface area is 137 Å². The van der Waals surface area contributed by atoms with E-state index in [0.29, 0.717) is 46.8 Å². The molecule has 0 fully saturated rings. The Balaban J connectivity index is 1.63. The van der Waals surface area contributed by atoms with E-state index >= 15 is 0 Å². The lowest BCUT2D eigenvalue weighted by molar-refractivity contribution is -0.139. The lowest BCUT2D eigenvalue weighted by atomic mass is 10.2. The lowest BCUT2D eigenvalue weighted by Crippen LogP contribution is -2.15. The second-order valence-corrected chi connectivity index (χ2v) is 5.30. The summed E-state index contributed by atoms with van der Waals surface area (Å²) in [5.41, 5.74) is 1.28. The number of ether oxygens (including phenoxy) is 3. The van der Waals surface area contributed by atoms with Gasteiger partial charge < -0.3 is 18.7 Å². The molecule has 0 aliphatic carbocycles. The molecule has 6 nitrogen and oxygen atoms in total. The van der Waals surface area contributed by atoms with Gasteiger partial charge in [0.25, 0.3) is 0 Å². The number of hydrogen-bond acceptors (Lipinski definition) is 6. The number of hydrogen-bond donors (Lipinski definition) is 0. The lowest BCUT2D eigenvalue weighted by Gasteiger charge is -2.19. The van der Waals surface area contributed by atoms with Crippen LogP contribution in [0.2, 0.25) is 5.02 Å². The van der Waals surface area contributed by atoms with E-state index in [4.69, 9.17) is 30.3 Å². The number of benzene rings is 1. The fraction of sp³-hybridized carbons (Fsp3) is 0.250. The highest BCUT2D eigenvalue weighted by molar-refractivity contribution is 6.32. The van der Waals surface area contributed by atoms with Crippen LogP contribution < -0.4 is 9.47 Å². The van der Waals surface area contributed by atoms with Gasteiger partial charge in [0.05, 0.1) is 5.02 Å². The Morgan fingerprint density at radius 3 is 2.96 bits per heavy atom. The number of fused-ring (bicyclic) bond motifs is 1. The molecule has 1 aromatic heterocycles. The molecule has 1 aromatic carbocycles. The Bertz CT molecular complexity index is 753. The van der Waals surface area contributed by atoms with Gasteiger partial charge in [-0.1, -0.05) is 16.8 Å². The molecule has 3 rings (SSSR count). The first-order chi connectivity index (χ1) is 11.1. The van der Waals surface area contributed by atoms with Crippen molar-refractivity contribution in [3.8, 4) is 11.5 Å². The molecule has 0 radical (unpaired) electrons. The van der Waals surface area contributed by atoms with Crippen molar-refractivity contribution in [2.24, 2.45) is 0 Å². The van der Waals surface area contributed by atoms with Gasteiger partial charge in [0, 0.05) is 12.1 Å². The quantitative estimate of drug-likeness (QED) is 0.631. The number of carbonyl (C=O) groups is 1. The standard InChI is InChI=1S/C16H14ClNO5/c1-10-6-12(18-23-10)9-22-15(19)3-2-11-7-13(17)16-14(8-11)20-4-5-21-16/h2-3,6-8H,4-5,9H2,1H3/b3-2+. The maximum atomic E-state index is 11.7. The van der Waals surface area contributed by atoms with Crippen LogP contribution in [0.25, 0.3) is 6.08 Å². The third-order valence-electron chi connectivity index (χ3n) is 3.07. The predicted molar refractivity (Wildman–Crippen MR) is 82.5 cm³/mol. The van der Waals surface area contributed by atoms with Gasteiger partial charge in [0.15, 0.2) is 11.5 Å². The molecule has 2 heterocycles. The Morgan fingerprint density at radius 2 is 2.17 bits per heavy atom. The third-order valence-corrected chi connectivity index (χ3v) is 3.35. The molecule has 1 aliphatic rings. The molecule has 0 bridgehead atoms. The average Bonchev–Trinajstić information content (AvgIpc) is 2.96. The number of carbonyl (C=O) groups excluding carboxylic acids is 1. The smallest absolute Gasteiger partial charge is 0.331 e. The van der Waals surface area contributed by atoms with Crippen LogP contribution >= 0.6 is 11.6 Å². The molecule has 7 heteroatoms. The molecule has 0 saturated carbocycles. The van der Waals surface area contributed by atoms with Crippen LogP contribution in [0.3, 0.4) is 0 Å². The van der Waals surface area contributed by atoms with Crippen molar-refractivity contribution in [1.29, 1.82) is 0 Å². The maximum Gasteiger partial charge on any atom is 0.331 e. The van der Waals surface area contributed by atoms with E-state index in [0.717, 1.165) is 0 Å². The SMILES string of the molecule is Cc1cc(COC(=O)/C=C/c2cc(Cl)c3c(c2)OCCO3)no1. The number of rotatable bonds is 4. The van der Waals surface area contributed by atoms with Crippen LogP contribution in [-0.2, 0) is 16.1 Å². The minimum atomic E-state index is -0.489. The molecule has 0 spiro atoms. The number of halogens is 1. The van der Waals surface area contributed by atoms with Gasteiger partial charge in [-0.15, -0.1) is 0 Å². The minimum Gasteiger partial charge on any atom is -0.486 e. The van der Waals surface area contributed by atoms with Crippen LogP contribution in [0.5, 0.6) is 11.5 Å². The van der Waals surface area contributed by atoms with E-state index in [9.17, 15) is 4.79 Å². The molecule has 0 unspecified atom stereocenters. The summed E-state index contributed by atoms with van der Waals surface area (Å²) in [6, 6.07) is 5.16. The van der Waals surface area contributed by atoms with E-state index in [2.05, 4.69) is 5.16 Å². The molecular weight excluding hydrogens is 322 g/mol. The van der Waals surface area contributed by atoms with Gasteiger partial charge in [0.1, 0.15) is 31.3 Å². The summed E-state index contributed by atoms with van der Waals surface area (Å²) in [5.74, 6) is 1.27. The topological polar surface area (TPSA) is 70.8 Å². The van der Waals surface area contributed by atoms with Crippen molar-refractivity contribution in [3.05, 3.63) is 46.3 Å². The highest BCUT2D eigenvalue weighted by Gasteiger charge is 2.16. The Hall–Kier alpha value is -2.47. The van der Waals surface area contributed by atoms with Crippen molar-refractivity contribution in [2.45, 2.75) is 13.5 Å². The summed E-state index contributed by atoms with van der Waals surface area (Å²) in [6.45, 7) is 2.76. The highest BCUT2D eigenvalue weighted by Crippen LogP contribution is 2.38. The van der Waals surface area contributed by atoms with Crippen LogP contribution in [0.1, 0.15) is 17.0 Å². The summed E-state index contributed by atoms with van der Waals surface area (Å²) < 4.78 is 20.9.